The van der Waals surface area contributed by atoms with Crippen molar-refractivity contribution in [3.8, 4) is 5.75 Å². The second-order valence-electron chi connectivity index (χ2n) is 15.1. The molecule has 0 saturated heterocycles. The number of rotatable bonds is 28. The summed E-state index contributed by atoms with van der Waals surface area (Å²) >= 11 is 0. The van der Waals surface area contributed by atoms with Crippen molar-refractivity contribution in [2.45, 2.75) is 135 Å². The molecule has 4 atom stereocenters. The first-order valence-corrected chi connectivity index (χ1v) is 21.7. The highest BCUT2D eigenvalue weighted by Gasteiger charge is 2.21. The van der Waals surface area contributed by atoms with Gasteiger partial charge in [-0.25, -0.2) is 9.98 Å². The highest BCUT2D eigenvalue weighted by atomic mass is 16.5. The van der Waals surface area contributed by atoms with E-state index < -0.39 is 0 Å². The Morgan fingerprint density at radius 3 is 1.65 bits per heavy atom. The van der Waals surface area contributed by atoms with Gasteiger partial charge in [0.25, 0.3) is 0 Å². The van der Waals surface area contributed by atoms with Crippen molar-refractivity contribution >= 4 is 11.8 Å². The highest BCUT2D eigenvalue weighted by Crippen LogP contribution is 2.18. The summed E-state index contributed by atoms with van der Waals surface area (Å²) < 4.78 is 34.6. The first-order valence-electron chi connectivity index (χ1n) is 21.7. The van der Waals surface area contributed by atoms with Crippen molar-refractivity contribution in [2.75, 3.05) is 46.8 Å². The van der Waals surface area contributed by atoms with Crippen LogP contribution in [-0.4, -0.2) is 87.9 Å². The maximum Gasteiger partial charge on any atom is 0.216 e. The zero-order valence-corrected chi connectivity index (χ0v) is 35.0. The molecule has 0 bridgehead atoms. The Morgan fingerprint density at radius 2 is 1.12 bits per heavy atom. The van der Waals surface area contributed by atoms with E-state index in [0.717, 1.165) is 48.5 Å². The van der Waals surface area contributed by atoms with Crippen LogP contribution in [0, 0.1) is 0 Å². The summed E-state index contributed by atoms with van der Waals surface area (Å²) in [6.45, 7) is 8.64. The molecule has 0 saturated carbocycles. The number of aliphatic imine (C=N–C) groups is 2. The van der Waals surface area contributed by atoms with Gasteiger partial charge in [-0.15, -0.1) is 0 Å². The minimum Gasteiger partial charge on any atom is -0.497 e. The number of ether oxygens (including phenoxy) is 6. The van der Waals surface area contributed by atoms with Crippen molar-refractivity contribution in [3.63, 3.8) is 0 Å². The number of nitrogens with zero attached hydrogens (tertiary/aromatic N) is 2. The van der Waals surface area contributed by atoms with Crippen LogP contribution in [0.1, 0.15) is 120 Å². The summed E-state index contributed by atoms with van der Waals surface area (Å²) in [6, 6.07) is 28.2. The third kappa shape index (κ3) is 19.0. The summed E-state index contributed by atoms with van der Waals surface area (Å²) in [5.74, 6) is 2.29. The van der Waals surface area contributed by atoms with E-state index in [9.17, 15) is 5.11 Å². The lowest BCUT2D eigenvalue weighted by molar-refractivity contribution is 0.00364. The fourth-order valence-electron chi connectivity index (χ4n) is 6.70. The topological polar surface area (TPSA) is 100 Å². The van der Waals surface area contributed by atoms with Crippen molar-refractivity contribution < 1.29 is 33.5 Å². The van der Waals surface area contributed by atoms with Crippen LogP contribution in [0.5, 0.6) is 5.75 Å². The fraction of sp³-hybridized carbons (Fsp3) is 0.583. The van der Waals surface area contributed by atoms with E-state index in [2.05, 4.69) is 36.0 Å². The van der Waals surface area contributed by atoms with Crippen LogP contribution >= 0.6 is 0 Å². The molecule has 0 radical (unpaired) electrons. The smallest absolute Gasteiger partial charge is 0.216 e. The standard InChI is InChI=1S/C28H39NO4.C20H31NO3/c1-3-4-5-6-10-13-27(32-20-23-14-16-26(30-2)17-15-23)18-19-31-21-25-22-33-28(29-25)24-11-8-7-9-12-24;1-2-3-4-5-9-12-19(22)13-14-23-15-18-16-24-20(21-18)17-10-7-6-8-11-17/h7-9,11-12,14-17,25,27H,3-6,10,13,18-22H2,1-2H3;6-8,10-11,18-19,22H,2-5,9,12-16H2,1H3/t25-,27-;18-,19-/m11/s1. The Kier molecular flexibility index (Phi) is 23.1. The largest absolute Gasteiger partial charge is 0.497 e. The molecule has 314 valence electrons. The molecule has 0 aromatic heterocycles. The Bertz CT molecular complexity index is 1500. The van der Waals surface area contributed by atoms with E-state index in [4.69, 9.17) is 28.4 Å². The normalized spacial score (nSPS) is 17.1. The quantitative estimate of drug-likeness (QED) is 0.0732. The van der Waals surface area contributed by atoms with Crippen LogP contribution in [-0.2, 0) is 30.3 Å². The van der Waals surface area contributed by atoms with Gasteiger partial charge in [0.15, 0.2) is 0 Å². The third-order valence-corrected chi connectivity index (χ3v) is 10.2. The van der Waals surface area contributed by atoms with Crippen molar-refractivity contribution in [1.82, 2.24) is 0 Å². The average molecular weight is 787 g/mol. The minimum absolute atomic E-state index is 0.0615. The zero-order chi connectivity index (χ0) is 40.2. The van der Waals surface area contributed by atoms with E-state index >= 15 is 0 Å². The molecule has 5 rings (SSSR count). The zero-order valence-electron chi connectivity index (χ0n) is 35.0. The fourth-order valence-corrected chi connectivity index (χ4v) is 6.70. The number of aliphatic hydroxyl groups is 1. The summed E-state index contributed by atoms with van der Waals surface area (Å²) in [7, 11) is 1.69. The first-order chi connectivity index (χ1) is 28.1. The molecule has 9 heteroatoms. The SMILES string of the molecule is CCCCCCC[C@@H](O)CCOC[C@@H]1COC(c2ccccc2)=N1.CCCCCCC[C@H](CCOC[C@@H]1COC(c2ccccc2)=N1)OCc1ccc(OC)cc1. The molecule has 0 unspecified atom stereocenters. The number of benzene rings is 3. The van der Waals surface area contributed by atoms with E-state index in [1.165, 1.54) is 63.4 Å². The Hall–Kier alpha value is -3.76. The van der Waals surface area contributed by atoms with E-state index in [1.54, 1.807) is 7.11 Å². The molecule has 2 heterocycles. The lowest BCUT2D eigenvalue weighted by Crippen LogP contribution is -2.19. The van der Waals surface area contributed by atoms with Gasteiger partial charge < -0.3 is 33.5 Å². The molecule has 2 aliphatic heterocycles. The number of methoxy groups -OCH3 is 1. The van der Waals surface area contributed by atoms with Crippen molar-refractivity contribution in [2.24, 2.45) is 9.98 Å². The molecular formula is C48H70N2O7. The molecule has 57 heavy (non-hydrogen) atoms. The summed E-state index contributed by atoms with van der Waals surface area (Å²) in [6.07, 6.45) is 16.1. The predicted molar refractivity (Wildman–Crippen MR) is 231 cm³/mol. The third-order valence-electron chi connectivity index (χ3n) is 10.2. The van der Waals surface area contributed by atoms with Crippen LogP contribution < -0.4 is 4.74 Å². The highest BCUT2D eigenvalue weighted by molar-refractivity contribution is 5.95. The molecule has 0 aliphatic carbocycles. The Balaban J connectivity index is 0.000000266. The van der Waals surface area contributed by atoms with Gasteiger partial charge in [0, 0.05) is 24.3 Å². The molecule has 2 aliphatic rings. The van der Waals surface area contributed by atoms with Crippen LogP contribution in [0.15, 0.2) is 94.9 Å². The van der Waals surface area contributed by atoms with Gasteiger partial charge >= 0.3 is 0 Å². The first kappa shape index (κ1) is 45.9. The molecule has 0 amide bonds. The van der Waals surface area contributed by atoms with Gasteiger partial charge in [0.2, 0.25) is 11.8 Å². The van der Waals surface area contributed by atoms with Crippen molar-refractivity contribution in [3.05, 3.63) is 102 Å². The van der Waals surface area contributed by atoms with Crippen molar-refractivity contribution in [1.29, 1.82) is 0 Å². The summed E-state index contributed by atoms with van der Waals surface area (Å²) in [5.41, 5.74) is 3.20. The number of unbranched alkanes of at least 4 members (excludes halogenated alkanes) is 8. The van der Waals surface area contributed by atoms with Crippen LogP contribution in [0.4, 0.5) is 0 Å². The predicted octanol–water partition coefficient (Wildman–Crippen LogP) is 10.2. The number of aliphatic hydroxyl groups excluding tert-OH is 1. The molecule has 9 nitrogen and oxygen atoms in total. The van der Waals surface area contributed by atoms with E-state index in [-0.39, 0.29) is 24.3 Å². The molecule has 3 aromatic rings. The van der Waals surface area contributed by atoms with Gasteiger partial charge in [-0.05, 0) is 67.6 Å². The summed E-state index contributed by atoms with van der Waals surface area (Å²) in [4.78, 5) is 9.23. The van der Waals surface area contributed by atoms with Gasteiger partial charge in [-0.1, -0.05) is 127 Å². The van der Waals surface area contributed by atoms with Crippen LogP contribution in [0.3, 0.4) is 0 Å². The van der Waals surface area contributed by atoms with Gasteiger partial charge in [-0.3, -0.25) is 0 Å². The van der Waals surface area contributed by atoms with Gasteiger partial charge in [0.05, 0.1) is 39.1 Å². The molecule has 0 spiro atoms. The Morgan fingerprint density at radius 1 is 0.614 bits per heavy atom. The van der Waals surface area contributed by atoms with Gasteiger partial charge in [-0.2, -0.15) is 0 Å². The maximum absolute atomic E-state index is 9.96. The number of hydrogen-bond donors (Lipinski definition) is 1. The maximum atomic E-state index is 9.96. The molecular weight excluding hydrogens is 717 g/mol. The molecule has 1 N–H and O–H groups in total. The Labute approximate surface area is 343 Å². The molecule has 0 fully saturated rings. The van der Waals surface area contributed by atoms with E-state index in [0.29, 0.717) is 58.6 Å². The van der Waals surface area contributed by atoms with Crippen LogP contribution in [0.2, 0.25) is 0 Å². The monoisotopic (exact) mass is 787 g/mol. The van der Waals surface area contributed by atoms with Gasteiger partial charge in [0.1, 0.15) is 31.0 Å². The second-order valence-corrected chi connectivity index (χ2v) is 15.1. The van der Waals surface area contributed by atoms with E-state index in [1.807, 2.05) is 72.8 Å². The van der Waals surface area contributed by atoms with Crippen LogP contribution in [0.25, 0.3) is 0 Å². The number of hydrogen-bond acceptors (Lipinski definition) is 9. The minimum atomic E-state index is -0.241. The second kappa shape index (κ2) is 28.6. The molecule has 3 aromatic carbocycles. The summed E-state index contributed by atoms with van der Waals surface area (Å²) in [5, 5.41) is 9.96. The average Bonchev–Trinajstić information content (AvgIpc) is 3.94. The lowest BCUT2D eigenvalue weighted by atomic mass is 10.1. The lowest BCUT2D eigenvalue weighted by Gasteiger charge is -2.19.